The minimum Gasteiger partial charge on any atom is -0.508 e. The minimum absolute atomic E-state index is 0.00483. The van der Waals surface area contributed by atoms with Crippen molar-refractivity contribution in [2.24, 2.45) is 11.5 Å². The number of carbonyl (C=O) groups excluding carboxylic acids is 4. The Bertz CT molecular complexity index is 1250. The molecular formula is C28H35N5O9. The number of aromatic hydroxyl groups is 1. The van der Waals surface area contributed by atoms with Crippen molar-refractivity contribution in [2.45, 2.75) is 62.7 Å². The molecule has 2 rings (SSSR count). The first-order valence-electron chi connectivity index (χ1n) is 13.1. The van der Waals surface area contributed by atoms with E-state index in [4.69, 9.17) is 16.6 Å². The van der Waals surface area contributed by atoms with Gasteiger partial charge in [0.2, 0.25) is 23.6 Å². The normalized spacial score (nSPS) is 13.5. The molecule has 0 aliphatic heterocycles. The Morgan fingerprint density at radius 3 is 1.67 bits per heavy atom. The highest BCUT2D eigenvalue weighted by Gasteiger charge is 2.31. The molecule has 2 aromatic rings. The van der Waals surface area contributed by atoms with E-state index in [1.54, 1.807) is 30.3 Å². The third-order valence-corrected chi connectivity index (χ3v) is 6.22. The summed E-state index contributed by atoms with van der Waals surface area (Å²) in [6.45, 7) is 0. The Morgan fingerprint density at radius 1 is 0.667 bits per heavy atom. The Hall–Kier alpha value is -4.98. The Labute approximate surface area is 241 Å². The summed E-state index contributed by atoms with van der Waals surface area (Å²) in [5.41, 5.74) is 12.2. The molecule has 14 heteroatoms. The largest absolute Gasteiger partial charge is 0.508 e. The number of carbonyl (C=O) groups is 6. The number of aliphatic carboxylic acids is 2. The molecule has 0 saturated carbocycles. The van der Waals surface area contributed by atoms with E-state index in [0.717, 1.165) is 0 Å². The number of carboxylic acids is 2. The molecular weight excluding hydrogens is 550 g/mol. The molecule has 0 bridgehead atoms. The SMILES string of the molecule is NC(=O)CCC(N)C(=O)NC(Cc1ccccc1)C(=O)NC(Cc1ccc(O)cc1)C(=O)NC(CCC(=O)O)C(=O)O. The van der Waals surface area contributed by atoms with Crippen LogP contribution in [0.2, 0.25) is 0 Å². The van der Waals surface area contributed by atoms with Crippen LogP contribution in [-0.4, -0.2) is 75.1 Å². The summed E-state index contributed by atoms with van der Waals surface area (Å²) in [6, 6.07) is 9.13. The molecule has 10 N–H and O–H groups in total. The number of nitrogens with two attached hydrogens (primary N) is 2. The van der Waals surface area contributed by atoms with Gasteiger partial charge in [-0.3, -0.25) is 24.0 Å². The number of primary amides is 1. The molecule has 0 aliphatic carbocycles. The molecule has 4 amide bonds. The highest BCUT2D eigenvalue weighted by Crippen LogP contribution is 2.13. The van der Waals surface area contributed by atoms with E-state index in [1.165, 1.54) is 24.3 Å². The molecule has 42 heavy (non-hydrogen) atoms. The molecule has 0 fully saturated rings. The van der Waals surface area contributed by atoms with Crippen LogP contribution in [-0.2, 0) is 41.6 Å². The van der Waals surface area contributed by atoms with Crippen LogP contribution in [0.4, 0.5) is 0 Å². The van der Waals surface area contributed by atoms with E-state index in [9.17, 15) is 39.0 Å². The quantitative estimate of drug-likeness (QED) is 0.114. The van der Waals surface area contributed by atoms with Gasteiger partial charge in [0.1, 0.15) is 23.9 Å². The first-order valence-corrected chi connectivity index (χ1v) is 13.1. The summed E-state index contributed by atoms with van der Waals surface area (Å²) in [6.07, 6.45) is -1.25. The van der Waals surface area contributed by atoms with Gasteiger partial charge in [-0.1, -0.05) is 42.5 Å². The second-order valence-corrected chi connectivity index (χ2v) is 9.63. The van der Waals surface area contributed by atoms with Gasteiger partial charge in [-0.2, -0.15) is 0 Å². The van der Waals surface area contributed by atoms with Crippen LogP contribution < -0.4 is 27.4 Å². The van der Waals surface area contributed by atoms with E-state index in [-0.39, 0.29) is 31.4 Å². The molecule has 0 saturated heterocycles. The molecule has 4 atom stereocenters. The highest BCUT2D eigenvalue weighted by molar-refractivity contribution is 5.94. The number of carboxylic acid groups (broad SMARTS) is 2. The van der Waals surface area contributed by atoms with Crippen LogP contribution in [0.5, 0.6) is 5.75 Å². The summed E-state index contributed by atoms with van der Waals surface area (Å²) >= 11 is 0. The van der Waals surface area contributed by atoms with Gasteiger partial charge in [0.05, 0.1) is 6.04 Å². The van der Waals surface area contributed by atoms with Gasteiger partial charge in [-0.05, 0) is 36.1 Å². The van der Waals surface area contributed by atoms with Crippen LogP contribution >= 0.6 is 0 Å². The van der Waals surface area contributed by atoms with E-state index in [0.29, 0.717) is 11.1 Å². The zero-order valence-corrected chi connectivity index (χ0v) is 22.7. The van der Waals surface area contributed by atoms with Crippen molar-refractivity contribution in [3.63, 3.8) is 0 Å². The lowest BCUT2D eigenvalue weighted by atomic mass is 10.0. The zero-order chi connectivity index (χ0) is 31.2. The Morgan fingerprint density at radius 2 is 1.17 bits per heavy atom. The number of hydrogen-bond acceptors (Lipinski definition) is 8. The molecule has 226 valence electrons. The second kappa shape index (κ2) is 16.3. The molecule has 0 heterocycles. The van der Waals surface area contributed by atoms with Gasteiger partial charge in [0.25, 0.3) is 0 Å². The number of phenolic OH excluding ortho intramolecular Hbond substituents is 1. The number of rotatable bonds is 17. The molecule has 14 nitrogen and oxygen atoms in total. The van der Waals surface area contributed by atoms with Crippen molar-refractivity contribution >= 4 is 35.6 Å². The summed E-state index contributed by atoms with van der Waals surface area (Å²) < 4.78 is 0. The van der Waals surface area contributed by atoms with E-state index in [2.05, 4.69) is 16.0 Å². The number of phenols is 1. The van der Waals surface area contributed by atoms with E-state index in [1.807, 2.05) is 0 Å². The van der Waals surface area contributed by atoms with Gasteiger partial charge < -0.3 is 42.7 Å². The predicted molar refractivity (Wildman–Crippen MR) is 149 cm³/mol. The second-order valence-electron chi connectivity index (χ2n) is 9.63. The maximum atomic E-state index is 13.5. The van der Waals surface area contributed by atoms with Crippen LogP contribution in [0.3, 0.4) is 0 Å². The molecule has 2 aromatic carbocycles. The van der Waals surface area contributed by atoms with Crippen LogP contribution in [0.15, 0.2) is 54.6 Å². The average Bonchev–Trinajstić information content (AvgIpc) is 2.94. The van der Waals surface area contributed by atoms with Gasteiger partial charge >= 0.3 is 11.9 Å². The first kappa shape index (κ1) is 33.2. The molecule has 0 aromatic heterocycles. The van der Waals surface area contributed by atoms with E-state index < -0.39 is 72.6 Å². The monoisotopic (exact) mass is 585 g/mol. The standard InChI is InChI=1S/C28H35N5O9/c29-19(10-12-23(30)35)25(38)32-21(14-16-4-2-1-3-5-16)27(40)33-22(15-17-6-8-18(34)9-7-17)26(39)31-20(28(41)42)11-13-24(36)37/h1-9,19-22,34H,10-15,29H2,(H2,30,35)(H,31,39)(H,32,38)(H,33,40)(H,36,37)(H,41,42). The number of amides is 4. The molecule has 0 spiro atoms. The summed E-state index contributed by atoms with van der Waals surface area (Å²) in [7, 11) is 0. The summed E-state index contributed by atoms with van der Waals surface area (Å²) in [5.74, 6) is -5.82. The topological polar surface area (TPSA) is 251 Å². The maximum absolute atomic E-state index is 13.5. The highest BCUT2D eigenvalue weighted by atomic mass is 16.4. The lowest BCUT2D eigenvalue weighted by Gasteiger charge is -2.25. The Balaban J connectivity index is 2.31. The fraction of sp³-hybridized carbons (Fsp3) is 0.357. The number of benzene rings is 2. The van der Waals surface area contributed by atoms with Gasteiger partial charge in [-0.25, -0.2) is 4.79 Å². The van der Waals surface area contributed by atoms with Crippen LogP contribution in [0.25, 0.3) is 0 Å². The number of nitrogens with one attached hydrogen (secondary N) is 3. The minimum atomic E-state index is -1.55. The molecule has 0 radical (unpaired) electrons. The lowest BCUT2D eigenvalue weighted by molar-refractivity contribution is -0.143. The third kappa shape index (κ3) is 11.6. The Kier molecular flexibility index (Phi) is 12.9. The molecule has 4 unspecified atom stereocenters. The van der Waals surface area contributed by atoms with Crippen molar-refractivity contribution in [1.82, 2.24) is 16.0 Å². The van der Waals surface area contributed by atoms with Gasteiger partial charge in [0, 0.05) is 25.7 Å². The third-order valence-electron chi connectivity index (χ3n) is 6.22. The van der Waals surface area contributed by atoms with Crippen molar-refractivity contribution in [3.8, 4) is 5.75 Å². The smallest absolute Gasteiger partial charge is 0.326 e. The fourth-order valence-corrected chi connectivity index (χ4v) is 3.91. The van der Waals surface area contributed by atoms with Crippen molar-refractivity contribution < 1.29 is 44.1 Å². The number of hydrogen-bond donors (Lipinski definition) is 8. The van der Waals surface area contributed by atoms with Crippen LogP contribution in [0.1, 0.15) is 36.8 Å². The first-order chi connectivity index (χ1) is 19.8. The van der Waals surface area contributed by atoms with E-state index >= 15 is 0 Å². The zero-order valence-electron chi connectivity index (χ0n) is 22.7. The fourth-order valence-electron chi connectivity index (χ4n) is 3.91. The average molecular weight is 586 g/mol. The summed E-state index contributed by atoms with van der Waals surface area (Å²) in [4.78, 5) is 73.2. The summed E-state index contributed by atoms with van der Waals surface area (Å²) in [5, 5.41) is 35.4. The van der Waals surface area contributed by atoms with Gasteiger partial charge in [0.15, 0.2) is 0 Å². The lowest BCUT2D eigenvalue weighted by Crippen LogP contribution is -2.58. The van der Waals surface area contributed by atoms with Crippen molar-refractivity contribution in [2.75, 3.05) is 0 Å². The maximum Gasteiger partial charge on any atom is 0.326 e. The molecule has 0 aliphatic rings. The van der Waals surface area contributed by atoms with Crippen LogP contribution in [0, 0.1) is 0 Å². The van der Waals surface area contributed by atoms with Crippen molar-refractivity contribution in [3.05, 3.63) is 65.7 Å². The predicted octanol–water partition coefficient (Wildman–Crippen LogP) is -0.826. The van der Waals surface area contributed by atoms with Crippen molar-refractivity contribution in [1.29, 1.82) is 0 Å². The van der Waals surface area contributed by atoms with Gasteiger partial charge in [-0.15, -0.1) is 0 Å².